The van der Waals surface area contributed by atoms with Gasteiger partial charge in [-0.1, -0.05) is 12.1 Å². The Balaban J connectivity index is 1.76. The summed E-state index contributed by atoms with van der Waals surface area (Å²) in [5, 5.41) is 0.246. The largest absolute Gasteiger partial charge is 0.493 e. The summed E-state index contributed by atoms with van der Waals surface area (Å²) < 4.78 is 21.1. The molecule has 1 amide bonds. The number of ether oxygens (including phenoxy) is 4. The number of carbonyl (C=O) groups excluding carboxylic acids is 2. The minimum Gasteiger partial charge on any atom is -0.493 e. The van der Waals surface area contributed by atoms with Crippen LogP contribution in [0, 0.1) is 0 Å². The van der Waals surface area contributed by atoms with Crippen LogP contribution in [0.3, 0.4) is 0 Å². The van der Waals surface area contributed by atoms with Crippen LogP contribution in [-0.4, -0.2) is 49.9 Å². The van der Waals surface area contributed by atoms with Crippen LogP contribution in [0.2, 0.25) is 0 Å². The zero-order chi connectivity index (χ0) is 21.4. The van der Waals surface area contributed by atoms with Crippen LogP contribution >= 0.6 is 12.2 Å². The maximum absolute atomic E-state index is 13.3. The zero-order valence-corrected chi connectivity index (χ0v) is 17.3. The summed E-state index contributed by atoms with van der Waals surface area (Å²) in [7, 11) is 4.51. The number of carbonyl (C=O) groups is 2. The lowest BCUT2D eigenvalue weighted by Crippen LogP contribution is -2.32. The number of benzene rings is 2. The average Bonchev–Trinajstić information content (AvgIpc) is 3.31. The summed E-state index contributed by atoms with van der Waals surface area (Å²) in [6.45, 7) is 0.104. The number of rotatable bonds is 4. The number of para-hydroxylation sites is 1. The van der Waals surface area contributed by atoms with Crippen molar-refractivity contribution in [3.63, 3.8) is 0 Å². The number of likely N-dealkylation sites (N-methyl/N-ethyl adjacent to an activating group) is 1. The van der Waals surface area contributed by atoms with Crippen LogP contribution in [0.1, 0.15) is 15.9 Å². The third-order valence-corrected chi connectivity index (χ3v) is 5.25. The predicted octanol–water partition coefficient (Wildman–Crippen LogP) is 2.81. The molecule has 9 heteroatoms. The van der Waals surface area contributed by atoms with E-state index in [2.05, 4.69) is 0 Å². The van der Waals surface area contributed by atoms with Crippen molar-refractivity contribution in [3.05, 3.63) is 53.2 Å². The highest BCUT2D eigenvalue weighted by Crippen LogP contribution is 2.42. The lowest BCUT2D eigenvalue weighted by Gasteiger charge is -2.18. The van der Waals surface area contributed by atoms with E-state index < -0.39 is 5.97 Å². The van der Waals surface area contributed by atoms with E-state index in [0.29, 0.717) is 34.2 Å². The number of fused-ring (bicyclic) bond motifs is 1. The van der Waals surface area contributed by atoms with E-state index in [1.165, 1.54) is 19.1 Å². The van der Waals surface area contributed by atoms with Gasteiger partial charge in [-0.25, -0.2) is 4.79 Å². The van der Waals surface area contributed by atoms with E-state index in [4.69, 9.17) is 31.2 Å². The molecule has 4 rings (SSSR count). The molecule has 0 bridgehead atoms. The fraction of sp³-hybridized carbons (Fsp3) is 0.190. The molecule has 2 aliphatic rings. The monoisotopic (exact) mass is 426 g/mol. The number of esters is 1. The van der Waals surface area contributed by atoms with E-state index in [1.54, 1.807) is 54.4 Å². The average molecular weight is 426 g/mol. The highest BCUT2D eigenvalue weighted by molar-refractivity contribution is 7.80. The first-order valence-corrected chi connectivity index (χ1v) is 9.36. The lowest BCUT2D eigenvalue weighted by atomic mass is 10.1. The first kappa shape index (κ1) is 19.7. The van der Waals surface area contributed by atoms with Crippen molar-refractivity contribution in [2.75, 3.05) is 33.0 Å². The van der Waals surface area contributed by atoms with Gasteiger partial charge in [-0.3, -0.25) is 9.69 Å². The number of amides is 1. The van der Waals surface area contributed by atoms with Crippen LogP contribution in [0.25, 0.3) is 6.08 Å². The first-order chi connectivity index (χ1) is 14.5. The van der Waals surface area contributed by atoms with E-state index in [-0.39, 0.29) is 23.4 Å². The molecule has 0 atom stereocenters. The second kappa shape index (κ2) is 7.68. The molecule has 8 nitrogen and oxygen atoms in total. The van der Waals surface area contributed by atoms with Crippen LogP contribution in [0.15, 0.2) is 42.1 Å². The van der Waals surface area contributed by atoms with Crippen LogP contribution in [0.4, 0.5) is 5.69 Å². The Kier molecular flexibility index (Phi) is 5.04. The van der Waals surface area contributed by atoms with Gasteiger partial charge in [0.05, 0.1) is 25.5 Å². The maximum atomic E-state index is 13.3. The minimum atomic E-state index is -0.554. The standard InChI is InChI=1S/C21H18N2O6S/c1-22-15(8-12-9-16(26-2)18-17(10-12)28-11-29-18)19(24)23(21(22)30)14-7-5-4-6-13(14)20(25)27-3/h4-10H,11H2,1-3H3/b15-8+. The van der Waals surface area contributed by atoms with Crippen molar-refractivity contribution in [1.29, 1.82) is 0 Å². The van der Waals surface area contributed by atoms with Gasteiger partial charge in [0.25, 0.3) is 5.91 Å². The highest BCUT2D eigenvalue weighted by Gasteiger charge is 2.38. The van der Waals surface area contributed by atoms with Gasteiger partial charge in [0.15, 0.2) is 16.6 Å². The summed E-state index contributed by atoms with van der Waals surface area (Å²) in [5.41, 5.74) is 1.62. The fourth-order valence-corrected chi connectivity index (χ4v) is 3.59. The summed E-state index contributed by atoms with van der Waals surface area (Å²) >= 11 is 5.49. The molecule has 0 N–H and O–H groups in total. The summed E-state index contributed by atoms with van der Waals surface area (Å²) in [4.78, 5) is 28.3. The SMILES string of the molecule is COC(=O)c1ccccc1N1C(=O)/C(=C\c2cc(OC)c3c(c2)OCO3)N(C)C1=S. The number of nitrogens with zero attached hydrogens (tertiary/aromatic N) is 2. The van der Waals surface area contributed by atoms with Gasteiger partial charge in [-0.2, -0.15) is 0 Å². The quantitative estimate of drug-likeness (QED) is 0.420. The van der Waals surface area contributed by atoms with Crippen molar-refractivity contribution < 1.29 is 28.5 Å². The molecule has 2 aliphatic heterocycles. The lowest BCUT2D eigenvalue weighted by molar-refractivity contribution is -0.114. The maximum Gasteiger partial charge on any atom is 0.339 e. The molecular weight excluding hydrogens is 408 g/mol. The molecule has 0 spiro atoms. The molecule has 2 aromatic rings. The van der Waals surface area contributed by atoms with Crippen molar-refractivity contribution in [2.24, 2.45) is 0 Å². The Labute approximate surface area is 178 Å². The molecule has 1 fully saturated rings. The van der Waals surface area contributed by atoms with Crippen LogP contribution < -0.4 is 19.1 Å². The highest BCUT2D eigenvalue weighted by atomic mass is 32.1. The zero-order valence-electron chi connectivity index (χ0n) is 16.5. The normalized spacial score (nSPS) is 16.4. The molecule has 2 aromatic carbocycles. The Bertz CT molecular complexity index is 1100. The summed E-state index contributed by atoms with van der Waals surface area (Å²) in [6.07, 6.45) is 1.68. The molecule has 0 saturated carbocycles. The van der Waals surface area contributed by atoms with Crippen molar-refractivity contribution in [3.8, 4) is 17.2 Å². The van der Waals surface area contributed by atoms with E-state index >= 15 is 0 Å². The molecule has 0 aliphatic carbocycles. The Morgan fingerprint density at radius 1 is 1.20 bits per heavy atom. The van der Waals surface area contributed by atoms with Gasteiger partial charge >= 0.3 is 5.97 Å². The third kappa shape index (κ3) is 3.13. The van der Waals surface area contributed by atoms with Gasteiger partial charge in [0, 0.05) is 7.05 Å². The summed E-state index contributed by atoms with van der Waals surface area (Å²) in [5.74, 6) is 0.636. The van der Waals surface area contributed by atoms with Crippen molar-refractivity contribution in [1.82, 2.24) is 4.90 Å². The molecule has 0 radical (unpaired) electrons. The Morgan fingerprint density at radius 2 is 1.97 bits per heavy atom. The van der Waals surface area contributed by atoms with Crippen molar-refractivity contribution >= 4 is 41.0 Å². The second-order valence-corrected chi connectivity index (χ2v) is 6.84. The topological polar surface area (TPSA) is 77.5 Å². The van der Waals surface area contributed by atoms with Gasteiger partial charge in [0.1, 0.15) is 5.70 Å². The molecular formula is C21H18N2O6S. The number of thiocarbonyl (C=S) groups is 1. The smallest absolute Gasteiger partial charge is 0.339 e. The Hall–Kier alpha value is -3.59. The Morgan fingerprint density at radius 3 is 2.70 bits per heavy atom. The summed E-state index contributed by atoms with van der Waals surface area (Å²) in [6, 6.07) is 10.2. The van der Waals surface area contributed by atoms with E-state index in [0.717, 1.165) is 0 Å². The number of methoxy groups -OCH3 is 2. The molecule has 0 unspecified atom stereocenters. The number of hydrogen-bond donors (Lipinski definition) is 0. The molecule has 30 heavy (non-hydrogen) atoms. The van der Waals surface area contributed by atoms with Crippen LogP contribution in [0.5, 0.6) is 17.2 Å². The number of hydrogen-bond acceptors (Lipinski definition) is 7. The van der Waals surface area contributed by atoms with E-state index in [9.17, 15) is 9.59 Å². The molecule has 2 heterocycles. The van der Waals surface area contributed by atoms with E-state index in [1.807, 2.05) is 0 Å². The molecule has 1 saturated heterocycles. The van der Waals surface area contributed by atoms with Crippen molar-refractivity contribution in [2.45, 2.75) is 0 Å². The van der Waals surface area contributed by atoms with Gasteiger partial charge < -0.3 is 23.8 Å². The van der Waals surface area contributed by atoms with Gasteiger partial charge in [-0.05, 0) is 48.1 Å². The number of anilines is 1. The second-order valence-electron chi connectivity index (χ2n) is 6.48. The third-order valence-electron chi connectivity index (χ3n) is 4.80. The fourth-order valence-electron chi connectivity index (χ4n) is 3.31. The minimum absolute atomic E-state index is 0.104. The molecule has 154 valence electrons. The molecule has 0 aromatic heterocycles. The first-order valence-electron chi connectivity index (χ1n) is 8.95. The predicted molar refractivity (Wildman–Crippen MR) is 113 cm³/mol. The van der Waals surface area contributed by atoms with Gasteiger partial charge in [0.2, 0.25) is 12.5 Å². The van der Waals surface area contributed by atoms with Gasteiger partial charge in [-0.15, -0.1) is 0 Å². The van der Waals surface area contributed by atoms with Crippen LogP contribution in [-0.2, 0) is 9.53 Å².